The molecule has 0 atom stereocenters. The van der Waals surface area contributed by atoms with Crippen LogP contribution in [0.1, 0.15) is 11.1 Å². The minimum Gasteiger partial charge on any atom is -0.454 e. The minimum atomic E-state index is -0.521. The quantitative estimate of drug-likeness (QED) is 0.636. The van der Waals surface area contributed by atoms with E-state index in [-0.39, 0.29) is 18.9 Å². The van der Waals surface area contributed by atoms with Crippen LogP contribution in [-0.4, -0.2) is 12.7 Å². The van der Waals surface area contributed by atoms with E-state index < -0.39 is 5.91 Å². The van der Waals surface area contributed by atoms with E-state index in [9.17, 15) is 10.1 Å². The van der Waals surface area contributed by atoms with Crippen LogP contribution in [0.5, 0.6) is 11.5 Å². The number of fused-ring (bicyclic) bond motifs is 1. The fourth-order valence-corrected chi connectivity index (χ4v) is 2.33. The van der Waals surface area contributed by atoms with Crippen molar-refractivity contribution in [2.45, 2.75) is 6.54 Å². The number of carbonyl (C=O) groups excluding carboxylic acids is 1. The SMILES string of the molecule is N#C/C(=C/Nc1ccccc1C#N)C(=O)NCc1ccc2c(c1)OCO2. The average Bonchev–Trinajstić information content (AvgIpc) is 3.15. The lowest BCUT2D eigenvalue weighted by molar-refractivity contribution is -0.117. The van der Waals surface area contributed by atoms with Crippen LogP contribution in [0, 0.1) is 22.7 Å². The Morgan fingerprint density at radius 2 is 1.96 bits per heavy atom. The molecule has 0 bridgehead atoms. The zero-order valence-corrected chi connectivity index (χ0v) is 13.7. The lowest BCUT2D eigenvalue weighted by atomic mass is 10.2. The highest BCUT2D eigenvalue weighted by Gasteiger charge is 2.14. The third-order valence-electron chi connectivity index (χ3n) is 3.67. The van der Waals surface area contributed by atoms with E-state index in [1.807, 2.05) is 18.2 Å². The molecule has 128 valence electrons. The summed E-state index contributed by atoms with van der Waals surface area (Å²) in [5.41, 5.74) is 1.66. The van der Waals surface area contributed by atoms with Crippen LogP contribution in [0.3, 0.4) is 0 Å². The number of benzene rings is 2. The van der Waals surface area contributed by atoms with Gasteiger partial charge < -0.3 is 20.1 Å². The van der Waals surface area contributed by atoms with Crippen LogP contribution in [-0.2, 0) is 11.3 Å². The van der Waals surface area contributed by atoms with Gasteiger partial charge >= 0.3 is 0 Å². The van der Waals surface area contributed by atoms with Gasteiger partial charge in [-0.1, -0.05) is 18.2 Å². The number of nitrogens with one attached hydrogen (secondary N) is 2. The first-order valence-corrected chi connectivity index (χ1v) is 7.74. The highest BCUT2D eigenvalue weighted by Crippen LogP contribution is 2.32. The van der Waals surface area contributed by atoms with E-state index in [1.54, 1.807) is 36.4 Å². The van der Waals surface area contributed by atoms with E-state index in [0.29, 0.717) is 22.7 Å². The van der Waals surface area contributed by atoms with Crippen molar-refractivity contribution < 1.29 is 14.3 Å². The molecule has 0 saturated carbocycles. The van der Waals surface area contributed by atoms with Crippen molar-refractivity contribution in [1.29, 1.82) is 10.5 Å². The largest absolute Gasteiger partial charge is 0.454 e. The molecule has 2 N–H and O–H groups in total. The minimum absolute atomic E-state index is 0.0986. The molecule has 0 fully saturated rings. The highest BCUT2D eigenvalue weighted by atomic mass is 16.7. The Labute approximate surface area is 150 Å². The molecule has 0 radical (unpaired) electrons. The number of nitrogens with zero attached hydrogens (tertiary/aromatic N) is 2. The predicted octanol–water partition coefficient (Wildman–Crippen LogP) is 2.42. The van der Waals surface area contributed by atoms with Gasteiger partial charge in [0.25, 0.3) is 5.91 Å². The van der Waals surface area contributed by atoms with Crippen molar-refractivity contribution >= 4 is 11.6 Å². The molecule has 0 spiro atoms. The first kappa shape index (κ1) is 16.9. The topological polar surface area (TPSA) is 107 Å². The third-order valence-corrected chi connectivity index (χ3v) is 3.67. The van der Waals surface area contributed by atoms with E-state index in [4.69, 9.17) is 14.7 Å². The van der Waals surface area contributed by atoms with Gasteiger partial charge in [0.2, 0.25) is 6.79 Å². The number of para-hydroxylation sites is 1. The highest BCUT2D eigenvalue weighted by molar-refractivity contribution is 5.97. The van der Waals surface area contributed by atoms with Crippen molar-refractivity contribution in [3.05, 3.63) is 65.4 Å². The number of carbonyl (C=O) groups is 1. The molecule has 2 aromatic rings. The van der Waals surface area contributed by atoms with Crippen LogP contribution in [0.2, 0.25) is 0 Å². The lowest BCUT2D eigenvalue weighted by Gasteiger charge is -2.07. The van der Waals surface area contributed by atoms with Gasteiger partial charge in [0.05, 0.1) is 11.3 Å². The summed E-state index contributed by atoms with van der Waals surface area (Å²) in [5.74, 6) is 0.771. The molecule has 26 heavy (non-hydrogen) atoms. The fraction of sp³-hybridized carbons (Fsp3) is 0.105. The molecule has 1 amide bonds. The second-order valence-corrected chi connectivity index (χ2v) is 5.34. The van der Waals surface area contributed by atoms with Crippen LogP contribution >= 0.6 is 0 Å². The number of anilines is 1. The molecular formula is C19H14N4O3. The molecule has 7 nitrogen and oxygen atoms in total. The molecule has 0 saturated heterocycles. The lowest BCUT2D eigenvalue weighted by Crippen LogP contribution is -2.24. The molecule has 0 aromatic heterocycles. The van der Waals surface area contributed by atoms with Crippen molar-refractivity contribution in [3.63, 3.8) is 0 Å². The summed E-state index contributed by atoms with van der Waals surface area (Å²) in [6.07, 6.45) is 1.28. The standard InChI is InChI=1S/C19H14N4O3/c20-8-14-3-1-2-4-16(14)22-11-15(9-21)19(24)23-10-13-5-6-17-18(7-13)26-12-25-17/h1-7,11,22H,10,12H2,(H,23,24)/b15-11-. The van der Waals surface area contributed by atoms with Crippen molar-refractivity contribution in [1.82, 2.24) is 5.32 Å². The Bertz CT molecular complexity index is 954. The number of ether oxygens (including phenoxy) is 2. The van der Waals surface area contributed by atoms with E-state index >= 15 is 0 Å². The molecular weight excluding hydrogens is 332 g/mol. The molecule has 1 aliphatic rings. The smallest absolute Gasteiger partial charge is 0.263 e. The summed E-state index contributed by atoms with van der Waals surface area (Å²) >= 11 is 0. The average molecular weight is 346 g/mol. The molecule has 0 aliphatic carbocycles. The van der Waals surface area contributed by atoms with Crippen LogP contribution in [0.15, 0.2) is 54.2 Å². The first-order chi connectivity index (χ1) is 12.7. The molecule has 3 rings (SSSR count). The van der Waals surface area contributed by atoms with Gasteiger partial charge in [0, 0.05) is 12.7 Å². The molecule has 1 aliphatic heterocycles. The maximum atomic E-state index is 12.2. The summed E-state index contributed by atoms with van der Waals surface area (Å²) < 4.78 is 10.5. The van der Waals surface area contributed by atoms with Crippen molar-refractivity contribution in [2.24, 2.45) is 0 Å². The Balaban J connectivity index is 1.64. The van der Waals surface area contributed by atoms with Crippen LogP contribution in [0.4, 0.5) is 5.69 Å². The van der Waals surface area contributed by atoms with Gasteiger partial charge in [-0.25, -0.2) is 0 Å². The van der Waals surface area contributed by atoms with Crippen molar-refractivity contribution in [3.8, 4) is 23.6 Å². The first-order valence-electron chi connectivity index (χ1n) is 7.74. The summed E-state index contributed by atoms with van der Waals surface area (Å²) in [5, 5.41) is 23.8. The number of rotatable bonds is 5. The summed E-state index contributed by atoms with van der Waals surface area (Å²) in [6, 6.07) is 16.1. The molecule has 7 heteroatoms. The number of amides is 1. The van der Waals surface area contributed by atoms with Gasteiger partial charge in [0.15, 0.2) is 11.5 Å². The van der Waals surface area contributed by atoms with E-state index in [2.05, 4.69) is 10.6 Å². The number of hydrogen-bond acceptors (Lipinski definition) is 6. The monoisotopic (exact) mass is 346 g/mol. The van der Waals surface area contributed by atoms with E-state index in [1.165, 1.54) is 6.20 Å². The number of nitriles is 2. The van der Waals surface area contributed by atoms with Crippen molar-refractivity contribution in [2.75, 3.05) is 12.1 Å². The van der Waals surface area contributed by atoms with Gasteiger partial charge in [-0.15, -0.1) is 0 Å². The second kappa shape index (κ2) is 7.73. The molecule has 2 aromatic carbocycles. The maximum Gasteiger partial charge on any atom is 0.263 e. The maximum absolute atomic E-state index is 12.2. The fourth-order valence-electron chi connectivity index (χ4n) is 2.33. The second-order valence-electron chi connectivity index (χ2n) is 5.34. The zero-order valence-electron chi connectivity index (χ0n) is 13.7. The molecule has 0 unspecified atom stereocenters. The summed E-state index contributed by atoms with van der Waals surface area (Å²) in [4.78, 5) is 12.2. The zero-order chi connectivity index (χ0) is 18.4. The van der Waals surface area contributed by atoms with Crippen LogP contribution < -0.4 is 20.1 Å². The van der Waals surface area contributed by atoms with Gasteiger partial charge in [0.1, 0.15) is 17.7 Å². The van der Waals surface area contributed by atoms with Gasteiger partial charge in [-0.2, -0.15) is 10.5 Å². The van der Waals surface area contributed by atoms with E-state index in [0.717, 1.165) is 5.56 Å². The number of hydrogen-bond donors (Lipinski definition) is 2. The Morgan fingerprint density at radius 1 is 1.15 bits per heavy atom. The normalized spacial score (nSPS) is 12.0. The Hall–Kier alpha value is -3.97. The summed E-state index contributed by atoms with van der Waals surface area (Å²) in [6.45, 7) is 0.422. The molecule has 1 heterocycles. The van der Waals surface area contributed by atoms with Gasteiger partial charge in [-0.3, -0.25) is 4.79 Å². The van der Waals surface area contributed by atoms with Gasteiger partial charge in [-0.05, 0) is 29.8 Å². The third kappa shape index (κ3) is 3.74. The summed E-state index contributed by atoms with van der Waals surface area (Å²) in [7, 11) is 0. The van der Waals surface area contributed by atoms with Crippen LogP contribution in [0.25, 0.3) is 0 Å². The predicted molar refractivity (Wildman–Crippen MR) is 92.9 cm³/mol. The Morgan fingerprint density at radius 3 is 2.77 bits per heavy atom. The Kier molecular flexibility index (Phi) is 5.02.